The summed E-state index contributed by atoms with van der Waals surface area (Å²) in [6, 6.07) is 73.5. The molecule has 1 aliphatic rings. The van der Waals surface area contributed by atoms with Gasteiger partial charge in [0.2, 0.25) is 0 Å². The Labute approximate surface area is 354 Å². The molecule has 0 fully saturated rings. The average molecular weight is 772 g/mol. The molecule has 1 nitrogen and oxygen atoms in total. The molecule has 0 saturated heterocycles. The van der Waals surface area contributed by atoms with Gasteiger partial charge in [-0.2, -0.15) is 0 Å². The van der Waals surface area contributed by atoms with Gasteiger partial charge in [-0.15, -0.1) is 0 Å². The molecule has 1 atom stereocenters. The Bertz CT molecular complexity index is 3090. The quantitative estimate of drug-likeness (QED) is 0.146. The predicted octanol–water partition coefficient (Wildman–Crippen LogP) is 16.7. The van der Waals surface area contributed by atoms with Crippen molar-refractivity contribution in [3.05, 3.63) is 224 Å². The van der Waals surface area contributed by atoms with Gasteiger partial charge in [-0.05, 0) is 113 Å². The van der Waals surface area contributed by atoms with Gasteiger partial charge in [0.15, 0.2) is 0 Å². The largest absolute Gasteiger partial charge is 0.310 e. The lowest BCUT2D eigenvalue weighted by Gasteiger charge is -2.44. The Kier molecular flexibility index (Phi) is 9.34. The Balaban J connectivity index is 1.21. The van der Waals surface area contributed by atoms with E-state index in [2.05, 4.69) is 245 Å². The fraction of sp³-hybridized carbons (Fsp3) is 0.119. The number of anilines is 2. The van der Waals surface area contributed by atoms with E-state index in [1.54, 1.807) is 0 Å². The average Bonchev–Trinajstić information content (AvgIpc) is 3.29. The zero-order chi connectivity index (χ0) is 40.8. The standard InChI is InChI=1S/C59H49N/c1-58(2,3)59(4)39-38-56(54(40-59)42-20-9-6-10-21-42)60(46-35-32-44(33-36-46)48-27-17-29-50-47-25-12-11-22-43(47)34-37-51(48)50)55-31-14-13-26-52(55)53-30-16-24-45-23-15-28-49(57(45)53)41-18-7-5-8-19-41/h5-39H,40H2,1-4H3. The fourth-order valence-corrected chi connectivity index (χ4v) is 9.30. The summed E-state index contributed by atoms with van der Waals surface area (Å²) in [5.74, 6) is 0. The van der Waals surface area contributed by atoms with Gasteiger partial charge in [0.1, 0.15) is 0 Å². The molecule has 9 aromatic rings. The minimum Gasteiger partial charge on any atom is -0.310 e. The van der Waals surface area contributed by atoms with Crippen LogP contribution in [0.3, 0.4) is 0 Å². The van der Waals surface area contributed by atoms with E-state index in [4.69, 9.17) is 0 Å². The molecule has 10 rings (SSSR count). The molecule has 290 valence electrons. The third kappa shape index (κ3) is 6.52. The summed E-state index contributed by atoms with van der Waals surface area (Å²) in [6.07, 6.45) is 5.81. The van der Waals surface area contributed by atoms with Crippen LogP contribution in [-0.2, 0) is 0 Å². The SMILES string of the molecule is CC(C)(C)C1(C)C=CC(N(c2ccc(-c3cccc4c3ccc3ccccc34)cc2)c2ccccc2-c2cccc3cccc(-c4ccccc4)c23)=C(c2ccccc2)C1. The van der Waals surface area contributed by atoms with Crippen LogP contribution >= 0.6 is 0 Å². The topological polar surface area (TPSA) is 3.24 Å². The van der Waals surface area contributed by atoms with E-state index in [-0.39, 0.29) is 10.8 Å². The van der Waals surface area contributed by atoms with Crippen LogP contribution in [0.2, 0.25) is 0 Å². The van der Waals surface area contributed by atoms with Crippen LogP contribution in [0.25, 0.3) is 71.3 Å². The number of benzene rings is 9. The third-order valence-corrected chi connectivity index (χ3v) is 13.2. The van der Waals surface area contributed by atoms with E-state index < -0.39 is 0 Å². The monoisotopic (exact) mass is 771 g/mol. The van der Waals surface area contributed by atoms with Crippen LogP contribution in [0.4, 0.5) is 11.4 Å². The van der Waals surface area contributed by atoms with Crippen molar-refractivity contribution in [3.63, 3.8) is 0 Å². The van der Waals surface area contributed by atoms with Crippen molar-refractivity contribution in [1.82, 2.24) is 0 Å². The van der Waals surface area contributed by atoms with Crippen LogP contribution in [0.5, 0.6) is 0 Å². The van der Waals surface area contributed by atoms with Gasteiger partial charge in [-0.3, -0.25) is 0 Å². The number of hydrogen-bond donors (Lipinski definition) is 0. The van der Waals surface area contributed by atoms with Crippen molar-refractivity contribution in [2.45, 2.75) is 34.1 Å². The molecule has 1 aliphatic carbocycles. The number of nitrogens with zero attached hydrogens (tertiary/aromatic N) is 1. The van der Waals surface area contributed by atoms with Crippen LogP contribution in [0.15, 0.2) is 218 Å². The minimum absolute atomic E-state index is 0.0462. The molecule has 0 radical (unpaired) electrons. The smallest absolute Gasteiger partial charge is 0.0540 e. The van der Waals surface area contributed by atoms with Crippen molar-refractivity contribution >= 4 is 49.3 Å². The maximum absolute atomic E-state index is 2.53. The molecule has 60 heavy (non-hydrogen) atoms. The first kappa shape index (κ1) is 37.3. The normalized spacial score (nSPS) is 15.5. The second-order valence-electron chi connectivity index (χ2n) is 17.6. The molecular weight excluding hydrogens is 723 g/mol. The number of fused-ring (bicyclic) bond motifs is 4. The summed E-state index contributed by atoms with van der Waals surface area (Å²) < 4.78 is 0. The summed E-state index contributed by atoms with van der Waals surface area (Å²) in [6.45, 7) is 9.54. The van der Waals surface area contributed by atoms with Gasteiger partial charge in [0, 0.05) is 16.9 Å². The Morgan fingerprint density at radius 2 is 1.00 bits per heavy atom. The van der Waals surface area contributed by atoms with E-state index in [1.807, 2.05) is 0 Å². The van der Waals surface area contributed by atoms with Crippen molar-refractivity contribution in [1.29, 1.82) is 0 Å². The van der Waals surface area contributed by atoms with Crippen LogP contribution in [0.1, 0.15) is 39.7 Å². The van der Waals surface area contributed by atoms with Crippen molar-refractivity contribution in [2.75, 3.05) is 4.90 Å². The second-order valence-corrected chi connectivity index (χ2v) is 17.6. The summed E-state index contributed by atoms with van der Waals surface area (Å²) in [4.78, 5) is 2.53. The maximum atomic E-state index is 2.53. The molecule has 1 heteroatoms. The van der Waals surface area contributed by atoms with E-state index >= 15 is 0 Å². The van der Waals surface area contributed by atoms with Crippen molar-refractivity contribution in [2.24, 2.45) is 10.8 Å². The van der Waals surface area contributed by atoms with Gasteiger partial charge in [-0.25, -0.2) is 0 Å². The van der Waals surface area contributed by atoms with Crippen LogP contribution in [0, 0.1) is 10.8 Å². The molecule has 0 aliphatic heterocycles. The Morgan fingerprint density at radius 3 is 1.75 bits per heavy atom. The third-order valence-electron chi connectivity index (χ3n) is 13.2. The first-order chi connectivity index (χ1) is 29.3. The van der Waals surface area contributed by atoms with E-state index in [0.717, 1.165) is 17.8 Å². The van der Waals surface area contributed by atoms with Gasteiger partial charge in [0.05, 0.1) is 5.69 Å². The molecule has 0 N–H and O–H groups in total. The summed E-state index contributed by atoms with van der Waals surface area (Å²) in [7, 11) is 0. The molecule has 0 bridgehead atoms. The van der Waals surface area contributed by atoms with Crippen LogP contribution in [-0.4, -0.2) is 0 Å². The number of allylic oxidation sites excluding steroid dienone is 3. The van der Waals surface area contributed by atoms with Crippen LogP contribution < -0.4 is 4.90 Å². The first-order valence-corrected chi connectivity index (χ1v) is 21.2. The van der Waals surface area contributed by atoms with Gasteiger partial charge in [0.25, 0.3) is 0 Å². The maximum Gasteiger partial charge on any atom is 0.0540 e. The van der Waals surface area contributed by atoms with Crippen molar-refractivity contribution < 1.29 is 0 Å². The molecule has 9 aromatic carbocycles. The second kappa shape index (κ2) is 15.0. The van der Waals surface area contributed by atoms with E-state index in [1.165, 1.54) is 82.5 Å². The van der Waals surface area contributed by atoms with E-state index in [9.17, 15) is 0 Å². The zero-order valence-electron chi connectivity index (χ0n) is 34.9. The molecule has 0 spiro atoms. The highest BCUT2D eigenvalue weighted by atomic mass is 15.2. The predicted molar refractivity (Wildman–Crippen MR) is 259 cm³/mol. The Morgan fingerprint density at radius 1 is 0.433 bits per heavy atom. The highest BCUT2D eigenvalue weighted by Crippen LogP contribution is 2.52. The van der Waals surface area contributed by atoms with E-state index in [0.29, 0.717) is 0 Å². The lowest BCUT2D eigenvalue weighted by atomic mass is 9.62. The number of hydrogen-bond acceptors (Lipinski definition) is 1. The molecule has 0 saturated carbocycles. The fourth-order valence-electron chi connectivity index (χ4n) is 9.30. The molecule has 0 heterocycles. The molecule has 0 amide bonds. The van der Waals surface area contributed by atoms with Gasteiger partial charge in [-0.1, -0.05) is 216 Å². The lowest BCUT2D eigenvalue weighted by Crippen LogP contribution is -2.34. The summed E-state index contributed by atoms with van der Waals surface area (Å²) in [5, 5.41) is 7.58. The number of para-hydroxylation sites is 1. The van der Waals surface area contributed by atoms with Gasteiger partial charge < -0.3 is 4.90 Å². The highest BCUT2D eigenvalue weighted by molar-refractivity contribution is 6.12. The number of rotatable bonds is 7. The molecular formula is C59H49N. The van der Waals surface area contributed by atoms with Gasteiger partial charge >= 0.3 is 0 Å². The zero-order valence-corrected chi connectivity index (χ0v) is 34.9. The summed E-state index contributed by atoms with van der Waals surface area (Å²) >= 11 is 0. The Hall–Kier alpha value is -6.96. The summed E-state index contributed by atoms with van der Waals surface area (Å²) in [5.41, 5.74) is 13.4. The molecule has 1 unspecified atom stereocenters. The molecule has 0 aromatic heterocycles. The highest BCUT2D eigenvalue weighted by Gasteiger charge is 2.39. The van der Waals surface area contributed by atoms with Crippen molar-refractivity contribution in [3.8, 4) is 33.4 Å². The first-order valence-electron chi connectivity index (χ1n) is 21.2. The minimum atomic E-state index is -0.0462. The lowest BCUT2D eigenvalue weighted by molar-refractivity contribution is 0.173.